The van der Waals surface area contributed by atoms with Gasteiger partial charge in [0.25, 0.3) is 0 Å². The summed E-state index contributed by atoms with van der Waals surface area (Å²) in [5, 5.41) is 3.26. The average Bonchev–Trinajstić information content (AvgIpc) is 1.94. The summed E-state index contributed by atoms with van der Waals surface area (Å²) in [7, 11) is 1.71. The molecule has 0 spiro atoms. The van der Waals surface area contributed by atoms with E-state index in [1.807, 2.05) is 0 Å². The predicted molar refractivity (Wildman–Crippen MR) is 55.0 cm³/mol. The van der Waals surface area contributed by atoms with Crippen LogP contribution in [-0.2, 0) is 9.47 Å². The van der Waals surface area contributed by atoms with Gasteiger partial charge in [-0.05, 0) is 27.7 Å². The summed E-state index contributed by atoms with van der Waals surface area (Å²) in [5.74, 6) is 0. The van der Waals surface area contributed by atoms with Gasteiger partial charge in [0.2, 0.25) is 0 Å². The van der Waals surface area contributed by atoms with Crippen molar-refractivity contribution in [3.63, 3.8) is 0 Å². The van der Waals surface area contributed by atoms with Crippen molar-refractivity contribution in [2.45, 2.75) is 39.4 Å². The Hall–Kier alpha value is -0.120. The van der Waals surface area contributed by atoms with E-state index in [9.17, 15) is 0 Å². The predicted octanol–water partition coefficient (Wildman–Crippen LogP) is 1.43. The quantitative estimate of drug-likeness (QED) is 0.641. The zero-order valence-corrected chi connectivity index (χ0v) is 9.52. The van der Waals surface area contributed by atoms with Gasteiger partial charge >= 0.3 is 0 Å². The van der Waals surface area contributed by atoms with E-state index >= 15 is 0 Å². The topological polar surface area (TPSA) is 30.5 Å². The van der Waals surface area contributed by atoms with Gasteiger partial charge in [-0.3, -0.25) is 0 Å². The second kappa shape index (κ2) is 6.35. The van der Waals surface area contributed by atoms with Crippen LogP contribution >= 0.6 is 0 Å². The minimum atomic E-state index is -0.0532. The van der Waals surface area contributed by atoms with E-state index in [1.165, 1.54) is 0 Å². The van der Waals surface area contributed by atoms with Crippen molar-refractivity contribution >= 4 is 0 Å². The Morgan fingerprint density at radius 2 is 1.92 bits per heavy atom. The van der Waals surface area contributed by atoms with Crippen LogP contribution in [0.15, 0.2) is 0 Å². The van der Waals surface area contributed by atoms with Crippen LogP contribution in [-0.4, -0.2) is 38.5 Å². The van der Waals surface area contributed by atoms with Gasteiger partial charge in [-0.15, -0.1) is 0 Å². The lowest BCUT2D eigenvalue weighted by Crippen LogP contribution is -2.34. The van der Waals surface area contributed by atoms with Crippen LogP contribution in [0.25, 0.3) is 0 Å². The van der Waals surface area contributed by atoms with Gasteiger partial charge in [0.05, 0.1) is 18.3 Å². The molecule has 1 N–H and O–H groups in total. The Kier molecular flexibility index (Phi) is 6.29. The highest BCUT2D eigenvalue weighted by atomic mass is 16.5. The fourth-order valence-corrected chi connectivity index (χ4v) is 1.12. The lowest BCUT2D eigenvalue weighted by atomic mass is 10.2. The first kappa shape index (κ1) is 12.9. The van der Waals surface area contributed by atoms with Gasteiger partial charge in [-0.1, -0.05) is 0 Å². The molecule has 0 aliphatic heterocycles. The Bertz CT molecular complexity index is 121. The Balaban J connectivity index is 3.35. The van der Waals surface area contributed by atoms with E-state index in [0.717, 1.165) is 19.7 Å². The standard InChI is InChI=1S/C10H23NO2/c1-9(13-10(2,3)4)8-11-6-7-12-5/h9,11H,6-8H2,1-5H3. The summed E-state index contributed by atoms with van der Waals surface area (Å²) < 4.78 is 10.6. The highest BCUT2D eigenvalue weighted by molar-refractivity contribution is 4.64. The maximum absolute atomic E-state index is 5.71. The van der Waals surface area contributed by atoms with Crippen LogP contribution < -0.4 is 5.32 Å². The van der Waals surface area contributed by atoms with Gasteiger partial charge in [0.1, 0.15) is 0 Å². The lowest BCUT2D eigenvalue weighted by Gasteiger charge is -2.25. The van der Waals surface area contributed by atoms with Crippen LogP contribution in [0.1, 0.15) is 27.7 Å². The maximum Gasteiger partial charge on any atom is 0.0678 e. The SMILES string of the molecule is COCCNCC(C)OC(C)(C)C. The molecule has 0 saturated heterocycles. The maximum atomic E-state index is 5.71. The minimum Gasteiger partial charge on any atom is -0.383 e. The summed E-state index contributed by atoms with van der Waals surface area (Å²) in [4.78, 5) is 0. The molecule has 1 atom stereocenters. The lowest BCUT2D eigenvalue weighted by molar-refractivity contribution is -0.0500. The molecule has 0 fully saturated rings. The van der Waals surface area contributed by atoms with E-state index < -0.39 is 0 Å². The Morgan fingerprint density at radius 1 is 1.31 bits per heavy atom. The number of ether oxygens (including phenoxy) is 2. The van der Waals surface area contributed by atoms with Crippen molar-refractivity contribution in [1.29, 1.82) is 0 Å². The largest absolute Gasteiger partial charge is 0.383 e. The van der Waals surface area contributed by atoms with Crippen molar-refractivity contribution in [2.75, 3.05) is 26.8 Å². The molecule has 0 aromatic rings. The first-order valence-electron chi connectivity index (χ1n) is 4.83. The van der Waals surface area contributed by atoms with Crippen LogP contribution in [0.5, 0.6) is 0 Å². The molecule has 0 bridgehead atoms. The fourth-order valence-electron chi connectivity index (χ4n) is 1.12. The third kappa shape index (κ3) is 9.80. The van der Waals surface area contributed by atoms with E-state index in [0.29, 0.717) is 0 Å². The monoisotopic (exact) mass is 189 g/mol. The Morgan fingerprint density at radius 3 is 2.38 bits per heavy atom. The number of hydrogen-bond acceptors (Lipinski definition) is 3. The van der Waals surface area contributed by atoms with Gasteiger partial charge in [0, 0.05) is 20.2 Å². The third-order valence-electron chi connectivity index (χ3n) is 1.47. The molecular weight excluding hydrogens is 166 g/mol. The van der Waals surface area contributed by atoms with Crippen molar-refractivity contribution in [1.82, 2.24) is 5.32 Å². The first-order valence-corrected chi connectivity index (χ1v) is 4.83. The Labute approximate surface area is 81.8 Å². The normalized spacial score (nSPS) is 14.5. The second-order valence-electron chi connectivity index (χ2n) is 4.24. The molecule has 13 heavy (non-hydrogen) atoms. The van der Waals surface area contributed by atoms with Crippen LogP contribution in [0.2, 0.25) is 0 Å². The summed E-state index contributed by atoms with van der Waals surface area (Å²) in [5.41, 5.74) is -0.0532. The smallest absolute Gasteiger partial charge is 0.0678 e. The molecule has 80 valence electrons. The molecule has 0 heterocycles. The zero-order valence-electron chi connectivity index (χ0n) is 9.52. The van der Waals surface area contributed by atoms with Crippen LogP contribution in [0, 0.1) is 0 Å². The minimum absolute atomic E-state index is 0.0532. The van der Waals surface area contributed by atoms with Crippen molar-refractivity contribution in [3.8, 4) is 0 Å². The second-order valence-corrected chi connectivity index (χ2v) is 4.24. The number of rotatable bonds is 6. The summed E-state index contributed by atoms with van der Waals surface area (Å²) >= 11 is 0. The number of hydrogen-bond donors (Lipinski definition) is 1. The molecule has 0 aromatic heterocycles. The molecule has 0 aliphatic rings. The molecule has 0 saturated carbocycles. The van der Waals surface area contributed by atoms with Crippen LogP contribution in [0.3, 0.4) is 0 Å². The summed E-state index contributed by atoms with van der Waals surface area (Å²) in [6.07, 6.45) is 0.247. The molecule has 0 rings (SSSR count). The molecule has 3 heteroatoms. The van der Waals surface area contributed by atoms with Crippen molar-refractivity contribution in [2.24, 2.45) is 0 Å². The number of nitrogens with one attached hydrogen (secondary N) is 1. The summed E-state index contributed by atoms with van der Waals surface area (Å²) in [6, 6.07) is 0. The van der Waals surface area contributed by atoms with Crippen LogP contribution in [0.4, 0.5) is 0 Å². The highest BCUT2D eigenvalue weighted by Gasteiger charge is 2.14. The molecular formula is C10H23NO2. The average molecular weight is 189 g/mol. The van der Waals surface area contributed by atoms with E-state index in [1.54, 1.807) is 7.11 Å². The fraction of sp³-hybridized carbons (Fsp3) is 1.00. The number of methoxy groups -OCH3 is 1. The van der Waals surface area contributed by atoms with Gasteiger partial charge in [-0.25, -0.2) is 0 Å². The van der Waals surface area contributed by atoms with E-state index in [4.69, 9.17) is 9.47 Å². The van der Waals surface area contributed by atoms with Crippen molar-refractivity contribution < 1.29 is 9.47 Å². The van der Waals surface area contributed by atoms with E-state index in [2.05, 4.69) is 33.0 Å². The van der Waals surface area contributed by atoms with E-state index in [-0.39, 0.29) is 11.7 Å². The summed E-state index contributed by atoms with van der Waals surface area (Å²) in [6.45, 7) is 10.8. The molecule has 0 aromatic carbocycles. The molecule has 0 aliphatic carbocycles. The highest BCUT2D eigenvalue weighted by Crippen LogP contribution is 2.09. The third-order valence-corrected chi connectivity index (χ3v) is 1.47. The molecule has 0 amide bonds. The van der Waals surface area contributed by atoms with Gasteiger partial charge in [-0.2, -0.15) is 0 Å². The van der Waals surface area contributed by atoms with Gasteiger partial charge in [0.15, 0.2) is 0 Å². The first-order chi connectivity index (χ1) is 5.95. The molecule has 3 nitrogen and oxygen atoms in total. The molecule has 1 unspecified atom stereocenters. The van der Waals surface area contributed by atoms with Crippen molar-refractivity contribution in [3.05, 3.63) is 0 Å². The molecule has 0 radical (unpaired) electrons. The zero-order chi connectivity index (χ0) is 10.3. The van der Waals surface area contributed by atoms with Gasteiger partial charge < -0.3 is 14.8 Å².